The van der Waals surface area contributed by atoms with Crippen molar-refractivity contribution >= 4 is 5.82 Å². The third-order valence-electron chi connectivity index (χ3n) is 3.03. The number of hydrogen-bond acceptors (Lipinski definition) is 2. The number of aryl methyl sites for hydroxylation is 2. The summed E-state index contributed by atoms with van der Waals surface area (Å²) in [5, 5.41) is 4.47. The zero-order valence-electron chi connectivity index (χ0n) is 10.6. The predicted molar refractivity (Wildman–Crippen MR) is 71.0 cm³/mol. The molecule has 0 aliphatic rings. The van der Waals surface area contributed by atoms with Crippen molar-refractivity contribution in [1.82, 2.24) is 9.78 Å². The minimum Gasteiger partial charge on any atom is -0.384 e. The summed E-state index contributed by atoms with van der Waals surface area (Å²) in [5.74, 6) is 0.731. The molecule has 1 atom stereocenters. The van der Waals surface area contributed by atoms with E-state index in [1.54, 1.807) is 0 Å². The molecule has 1 heterocycles. The number of benzene rings is 1. The summed E-state index contributed by atoms with van der Waals surface area (Å²) in [5.41, 5.74) is 9.48. The van der Waals surface area contributed by atoms with Gasteiger partial charge in [0, 0.05) is 6.07 Å². The normalized spacial score (nSPS) is 12.6. The second kappa shape index (κ2) is 4.62. The minimum atomic E-state index is 0.226. The van der Waals surface area contributed by atoms with Gasteiger partial charge in [0.1, 0.15) is 5.82 Å². The summed E-state index contributed by atoms with van der Waals surface area (Å²) in [6.07, 6.45) is 0.981. The van der Waals surface area contributed by atoms with E-state index in [2.05, 4.69) is 43.2 Å². The average Bonchev–Trinajstić information content (AvgIpc) is 2.62. The van der Waals surface area contributed by atoms with E-state index >= 15 is 0 Å². The van der Waals surface area contributed by atoms with E-state index in [4.69, 9.17) is 5.73 Å². The van der Waals surface area contributed by atoms with Gasteiger partial charge >= 0.3 is 0 Å². The Hall–Kier alpha value is -1.77. The quantitative estimate of drug-likeness (QED) is 0.879. The molecule has 2 rings (SSSR count). The fraction of sp³-hybridized carbons (Fsp3) is 0.357. The van der Waals surface area contributed by atoms with Gasteiger partial charge in [-0.15, -0.1) is 0 Å². The van der Waals surface area contributed by atoms with Crippen LogP contribution in [0.2, 0.25) is 0 Å². The van der Waals surface area contributed by atoms with Gasteiger partial charge in [0.25, 0.3) is 0 Å². The van der Waals surface area contributed by atoms with E-state index in [0.717, 1.165) is 17.9 Å². The molecular weight excluding hydrogens is 210 g/mol. The first kappa shape index (κ1) is 11.7. The molecule has 0 spiro atoms. The Labute approximate surface area is 102 Å². The molecule has 3 nitrogen and oxygen atoms in total. The van der Waals surface area contributed by atoms with Crippen LogP contribution in [0.5, 0.6) is 0 Å². The van der Waals surface area contributed by atoms with Crippen molar-refractivity contribution in [3.05, 3.63) is 47.2 Å². The maximum absolute atomic E-state index is 5.99. The molecular formula is C14H19N3. The second-order valence-corrected chi connectivity index (χ2v) is 4.49. The molecule has 3 heteroatoms. The fourth-order valence-electron chi connectivity index (χ4n) is 2.12. The Bertz CT molecular complexity index is 497. The van der Waals surface area contributed by atoms with Crippen LogP contribution in [0.1, 0.15) is 36.2 Å². The molecule has 2 N–H and O–H groups in total. The van der Waals surface area contributed by atoms with Crippen LogP contribution in [0.25, 0.3) is 0 Å². The first-order valence-electron chi connectivity index (χ1n) is 6.00. The van der Waals surface area contributed by atoms with E-state index in [1.165, 1.54) is 11.1 Å². The van der Waals surface area contributed by atoms with E-state index in [-0.39, 0.29) is 6.04 Å². The highest BCUT2D eigenvalue weighted by Crippen LogP contribution is 2.24. The van der Waals surface area contributed by atoms with Crippen LogP contribution in [-0.2, 0) is 0 Å². The van der Waals surface area contributed by atoms with Gasteiger partial charge in [0.2, 0.25) is 0 Å². The summed E-state index contributed by atoms with van der Waals surface area (Å²) in [7, 11) is 0. The van der Waals surface area contributed by atoms with Crippen LogP contribution in [-0.4, -0.2) is 9.78 Å². The zero-order valence-corrected chi connectivity index (χ0v) is 10.6. The predicted octanol–water partition coefficient (Wildman–Crippen LogP) is 3.08. The molecule has 0 fully saturated rings. The molecule has 1 aromatic carbocycles. The minimum absolute atomic E-state index is 0.226. The number of nitrogen functional groups attached to an aromatic ring is 1. The van der Waals surface area contributed by atoms with E-state index in [9.17, 15) is 0 Å². The maximum atomic E-state index is 5.99. The Kier molecular flexibility index (Phi) is 3.18. The van der Waals surface area contributed by atoms with Crippen molar-refractivity contribution in [2.24, 2.45) is 0 Å². The van der Waals surface area contributed by atoms with Gasteiger partial charge in [-0.3, -0.25) is 0 Å². The third kappa shape index (κ3) is 2.33. The first-order chi connectivity index (χ1) is 8.11. The van der Waals surface area contributed by atoms with Gasteiger partial charge in [0.15, 0.2) is 0 Å². The highest BCUT2D eigenvalue weighted by molar-refractivity contribution is 5.34. The van der Waals surface area contributed by atoms with Gasteiger partial charge in [0.05, 0.1) is 11.7 Å². The monoisotopic (exact) mass is 229 g/mol. The molecule has 0 saturated carbocycles. The van der Waals surface area contributed by atoms with Crippen LogP contribution in [0.3, 0.4) is 0 Å². The number of rotatable bonds is 3. The molecule has 0 radical (unpaired) electrons. The lowest BCUT2D eigenvalue weighted by Crippen LogP contribution is -2.13. The summed E-state index contributed by atoms with van der Waals surface area (Å²) < 4.78 is 1.92. The van der Waals surface area contributed by atoms with E-state index < -0.39 is 0 Å². The van der Waals surface area contributed by atoms with E-state index in [1.807, 2.05) is 17.7 Å². The molecule has 1 unspecified atom stereocenters. The molecule has 17 heavy (non-hydrogen) atoms. The highest BCUT2D eigenvalue weighted by atomic mass is 15.3. The van der Waals surface area contributed by atoms with Crippen LogP contribution in [0.15, 0.2) is 30.3 Å². The molecule has 90 valence electrons. The van der Waals surface area contributed by atoms with Gasteiger partial charge < -0.3 is 5.73 Å². The second-order valence-electron chi connectivity index (χ2n) is 4.49. The third-order valence-corrected chi connectivity index (χ3v) is 3.03. The maximum Gasteiger partial charge on any atom is 0.122 e. The van der Waals surface area contributed by atoms with Crippen LogP contribution in [0, 0.1) is 13.8 Å². The van der Waals surface area contributed by atoms with Crippen molar-refractivity contribution in [2.75, 3.05) is 5.73 Å². The van der Waals surface area contributed by atoms with E-state index in [0.29, 0.717) is 0 Å². The standard InChI is InChI=1S/C14H19N3/c1-4-13(12-7-5-10(2)6-8-12)17-14(15)9-11(3)16-17/h5-9,13H,4,15H2,1-3H3. The number of hydrogen-bond donors (Lipinski definition) is 1. The van der Waals surface area contributed by atoms with Gasteiger partial charge in [-0.25, -0.2) is 4.68 Å². The summed E-state index contributed by atoms with van der Waals surface area (Å²) >= 11 is 0. The summed E-state index contributed by atoms with van der Waals surface area (Å²) in [4.78, 5) is 0. The molecule has 2 aromatic rings. The van der Waals surface area contributed by atoms with Crippen LogP contribution < -0.4 is 5.73 Å². The molecule has 0 amide bonds. The first-order valence-corrected chi connectivity index (χ1v) is 6.00. The smallest absolute Gasteiger partial charge is 0.122 e. The number of nitrogens with zero attached hydrogens (tertiary/aromatic N) is 2. The SMILES string of the molecule is CCC(c1ccc(C)cc1)n1nc(C)cc1N. The number of anilines is 1. The highest BCUT2D eigenvalue weighted by Gasteiger charge is 2.15. The Morgan fingerprint density at radius 2 is 1.88 bits per heavy atom. The summed E-state index contributed by atoms with van der Waals surface area (Å²) in [6, 6.07) is 10.7. The molecule has 0 aliphatic carbocycles. The van der Waals surface area contributed by atoms with Crippen molar-refractivity contribution < 1.29 is 0 Å². The van der Waals surface area contributed by atoms with Crippen molar-refractivity contribution in [1.29, 1.82) is 0 Å². The lowest BCUT2D eigenvalue weighted by atomic mass is 10.0. The van der Waals surface area contributed by atoms with Gasteiger partial charge in [-0.1, -0.05) is 36.8 Å². The van der Waals surface area contributed by atoms with Crippen molar-refractivity contribution in [3.63, 3.8) is 0 Å². The zero-order chi connectivity index (χ0) is 12.4. The lowest BCUT2D eigenvalue weighted by molar-refractivity contribution is 0.513. The van der Waals surface area contributed by atoms with Crippen molar-refractivity contribution in [3.8, 4) is 0 Å². The largest absolute Gasteiger partial charge is 0.384 e. The Balaban J connectivity index is 2.39. The van der Waals surface area contributed by atoms with Gasteiger partial charge in [-0.05, 0) is 25.8 Å². The van der Waals surface area contributed by atoms with Crippen LogP contribution in [0.4, 0.5) is 5.82 Å². The molecule has 1 aromatic heterocycles. The van der Waals surface area contributed by atoms with Gasteiger partial charge in [-0.2, -0.15) is 5.10 Å². The number of nitrogens with two attached hydrogens (primary N) is 1. The summed E-state index contributed by atoms with van der Waals surface area (Å²) in [6.45, 7) is 6.22. The van der Waals surface area contributed by atoms with Crippen LogP contribution >= 0.6 is 0 Å². The Morgan fingerprint density at radius 3 is 2.35 bits per heavy atom. The topological polar surface area (TPSA) is 43.8 Å². The molecule has 0 aliphatic heterocycles. The van der Waals surface area contributed by atoms with Crippen molar-refractivity contribution in [2.45, 2.75) is 33.2 Å². The fourth-order valence-corrected chi connectivity index (χ4v) is 2.12. The number of aromatic nitrogens is 2. The average molecular weight is 229 g/mol. The lowest BCUT2D eigenvalue weighted by Gasteiger charge is -2.17. The molecule has 0 bridgehead atoms. The Morgan fingerprint density at radius 1 is 1.24 bits per heavy atom. The molecule has 0 saturated heterocycles.